The van der Waals surface area contributed by atoms with Crippen LogP contribution in [0, 0.1) is 6.92 Å². The Bertz CT molecular complexity index is 593. The second kappa shape index (κ2) is 6.87. The van der Waals surface area contributed by atoms with Crippen LogP contribution in [0.4, 0.5) is 0 Å². The van der Waals surface area contributed by atoms with Gasteiger partial charge in [-0.15, -0.1) is 0 Å². The van der Waals surface area contributed by atoms with Gasteiger partial charge >= 0.3 is 0 Å². The minimum atomic E-state index is 0.269. The average molecular weight is 401 g/mol. The van der Waals surface area contributed by atoms with Gasteiger partial charge in [-0.2, -0.15) is 5.10 Å². The van der Waals surface area contributed by atoms with Gasteiger partial charge in [-0.25, -0.2) is 0 Å². The van der Waals surface area contributed by atoms with Gasteiger partial charge in [0.05, 0.1) is 15.9 Å². The van der Waals surface area contributed by atoms with Gasteiger partial charge in [-0.05, 0) is 54.5 Å². The molecule has 2 rings (SSSR count). The van der Waals surface area contributed by atoms with Crippen LogP contribution in [0.2, 0.25) is 0 Å². The molecule has 0 saturated heterocycles. The Kier molecular flexibility index (Phi) is 5.41. The van der Waals surface area contributed by atoms with Crippen LogP contribution in [0.1, 0.15) is 29.9 Å². The van der Waals surface area contributed by atoms with Crippen molar-refractivity contribution in [3.63, 3.8) is 0 Å². The van der Waals surface area contributed by atoms with E-state index in [1.165, 1.54) is 11.3 Å². The summed E-state index contributed by atoms with van der Waals surface area (Å²) in [5.41, 5.74) is 3.56. The number of nitrogens with zero attached hydrogens (tertiary/aromatic N) is 2. The third kappa shape index (κ3) is 3.32. The largest absolute Gasteiger partial charge is 0.313 e. The summed E-state index contributed by atoms with van der Waals surface area (Å²) in [5.74, 6) is 0. The Morgan fingerprint density at radius 1 is 1.35 bits per heavy atom. The Morgan fingerprint density at radius 2 is 2.10 bits per heavy atom. The molecular weight excluding hydrogens is 382 g/mol. The summed E-state index contributed by atoms with van der Waals surface area (Å²) >= 11 is 7.20. The fourth-order valence-corrected chi connectivity index (χ4v) is 3.23. The molecule has 3 nitrogen and oxygen atoms in total. The first-order chi connectivity index (χ1) is 9.56. The molecule has 20 heavy (non-hydrogen) atoms. The second-order valence-corrected chi connectivity index (χ2v) is 6.47. The molecule has 108 valence electrons. The molecule has 1 N–H and O–H groups in total. The summed E-state index contributed by atoms with van der Waals surface area (Å²) in [7, 11) is 2.00. The number of aryl methyl sites for hydroxylation is 2. The highest BCUT2D eigenvalue weighted by atomic mass is 79.9. The van der Waals surface area contributed by atoms with Gasteiger partial charge < -0.3 is 5.32 Å². The molecule has 1 aromatic carbocycles. The highest BCUT2D eigenvalue weighted by molar-refractivity contribution is 9.10. The second-order valence-electron chi connectivity index (χ2n) is 4.76. The zero-order valence-electron chi connectivity index (χ0n) is 12.0. The lowest BCUT2D eigenvalue weighted by Crippen LogP contribution is -2.20. The molecule has 1 heterocycles. The fourth-order valence-electron chi connectivity index (χ4n) is 2.37. The monoisotopic (exact) mass is 399 g/mol. The van der Waals surface area contributed by atoms with Gasteiger partial charge in [-0.1, -0.05) is 28.1 Å². The van der Waals surface area contributed by atoms with Crippen LogP contribution >= 0.6 is 31.9 Å². The smallest absolute Gasteiger partial charge is 0.0738 e. The molecule has 0 fully saturated rings. The van der Waals surface area contributed by atoms with Crippen molar-refractivity contribution in [2.75, 3.05) is 7.05 Å². The van der Waals surface area contributed by atoms with Crippen molar-refractivity contribution >= 4 is 31.9 Å². The lowest BCUT2D eigenvalue weighted by atomic mass is 10.0. The molecule has 2 aromatic rings. The Balaban J connectivity index is 2.31. The van der Waals surface area contributed by atoms with Crippen molar-refractivity contribution in [1.29, 1.82) is 0 Å². The van der Waals surface area contributed by atoms with Crippen molar-refractivity contribution in [3.8, 4) is 0 Å². The topological polar surface area (TPSA) is 29.9 Å². The van der Waals surface area contributed by atoms with E-state index < -0.39 is 0 Å². The summed E-state index contributed by atoms with van der Waals surface area (Å²) in [6.45, 7) is 5.04. The van der Waals surface area contributed by atoms with Gasteiger partial charge in [-0.3, -0.25) is 4.68 Å². The van der Waals surface area contributed by atoms with Gasteiger partial charge in [0.2, 0.25) is 0 Å². The third-order valence-electron chi connectivity index (χ3n) is 3.45. The van der Waals surface area contributed by atoms with E-state index >= 15 is 0 Å². The van der Waals surface area contributed by atoms with Gasteiger partial charge in [0.1, 0.15) is 0 Å². The van der Waals surface area contributed by atoms with E-state index in [4.69, 9.17) is 0 Å². The van der Waals surface area contributed by atoms with E-state index in [9.17, 15) is 0 Å². The predicted molar refractivity (Wildman–Crippen MR) is 90.0 cm³/mol. The molecule has 0 spiro atoms. The minimum absolute atomic E-state index is 0.269. The van der Waals surface area contributed by atoms with Crippen LogP contribution in [0.25, 0.3) is 0 Å². The zero-order chi connectivity index (χ0) is 14.7. The quantitative estimate of drug-likeness (QED) is 0.813. The van der Waals surface area contributed by atoms with E-state index in [2.05, 4.69) is 72.1 Å². The first-order valence-corrected chi connectivity index (χ1v) is 8.30. The van der Waals surface area contributed by atoms with E-state index in [0.717, 1.165) is 27.6 Å². The number of hydrogen-bond donors (Lipinski definition) is 1. The number of likely N-dealkylation sites (N-methyl/N-ethyl adjacent to an activating group) is 1. The Morgan fingerprint density at radius 3 is 2.70 bits per heavy atom. The molecule has 0 aliphatic carbocycles. The zero-order valence-corrected chi connectivity index (χ0v) is 15.1. The van der Waals surface area contributed by atoms with Crippen molar-refractivity contribution in [2.24, 2.45) is 0 Å². The van der Waals surface area contributed by atoms with Gasteiger partial charge in [0.15, 0.2) is 0 Å². The number of aromatic nitrogens is 2. The Hall–Kier alpha value is -0.650. The van der Waals surface area contributed by atoms with E-state index in [-0.39, 0.29) is 6.04 Å². The first kappa shape index (κ1) is 15.7. The van der Waals surface area contributed by atoms with Crippen molar-refractivity contribution in [3.05, 3.63) is 50.2 Å². The maximum atomic E-state index is 4.56. The maximum Gasteiger partial charge on any atom is 0.0738 e. The third-order valence-corrected chi connectivity index (χ3v) is 4.97. The standard InChI is InChI=1S/C15H19Br2N3/c1-4-20-14(15(17)10(2)19-20)9-13(18-3)11-6-5-7-12(16)8-11/h5-8,13,18H,4,9H2,1-3H3. The average Bonchev–Trinajstić information content (AvgIpc) is 2.71. The van der Waals surface area contributed by atoms with Crippen molar-refractivity contribution in [2.45, 2.75) is 32.9 Å². The lowest BCUT2D eigenvalue weighted by Gasteiger charge is -2.18. The van der Waals surface area contributed by atoms with Crippen molar-refractivity contribution in [1.82, 2.24) is 15.1 Å². The predicted octanol–water partition coefficient (Wildman–Crippen LogP) is 4.24. The van der Waals surface area contributed by atoms with Crippen LogP contribution in [0.3, 0.4) is 0 Å². The van der Waals surface area contributed by atoms with Crippen LogP contribution in [0.5, 0.6) is 0 Å². The molecule has 0 bridgehead atoms. The molecule has 5 heteroatoms. The van der Waals surface area contributed by atoms with Gasteiger partial charge in [0.25, 0.3) is 0 Å². The SMILES string of the molecule is CCn1nc(C)c(Br)c1CC(NC)c1cccc(Br)c1. The summed E-state index contributed by atoms with van der Waals surface area (Å²) < 4.78 is 4.30. The van der Waals surface area contributed by atoms with Crippen LogP contribution in [-0.4, -0.2) is 16.8 Å². The van der Waals surface area contributed by atoms with Crippen LogP contribution < -0.4 is 5.32 Å². The number of rotatable bonds is 5. The van der Waals surface area contributed by atoms with E-state index in [1.54, 1.807) is 0 Å². The molecule has 1 unspecified atom stereocenters. The molecular formula is C15H19Br2N3. The molecule has 0 aliphatic heterocycles. The van der Waals surface area contributed by atoms with Crippen LogP contribution in [0.15, 0.2) is 33.2 Å². The minimum Gasteiger partial charge on any atom is -0.313 e. The molecule has 0 aliphatic rings. The summed E-state index contributed by atoms with van der Waals surface area (Å²) in [6.07, 6.45) is 0.905. The highest BCUT2D eigenvalue weighted by Gasteiger charge is 2.18. The molecule has 0 amide bonds. The van der Waals surface area contributed by atoms with E-state index in [1.807, 2.05) is 20.0 Å². The summed E-state index contributed by atoms with van der Waals surface area (Å²) in [6, 6.07) is 8.70. The lowest BCUT2D eigenvalue weighted by molar-refractivity contribution is 0.540. The highest BCUT2D eigenvalue weighted by Crippen LogP contribution is 2.27. The van der Waals surface area contributed by atoms with E-state index in [0.29, 0.717) is 0 Å². The summed E-state index contributed by atoms with van der Waals surface area (Å²) in [5, 5.41) is 7.96. The number of halogens is 2. The number of hydrogen-bond acceptors (Lipinski definition) is 2. The molecule has 0 saturated carbocycles. The molecule has 1 atom stereocenters. The maximum absolute atomic E-state index is 4.56. The van der Waals surface area contributed by atoms with Gasteiger partial charge in [0, 0.05) is 23.5 Å². The number of benzene rings is 1. The number of nitrogens with one attached hydrogen (secondary N) is 1. The van der Waals surface area contributed by atoms with Crippen molar-refractivity contribution < 1.29 is 0 Å². The fraction of sp³-hybridized carbons (Fsp3) is 0.400. The molecule has 0 radical (unpaired) electrons. The van der Waals surface area contributed by atoms with Crippen LogP contribution in [-0.2, 0) is 13.0 Å². The normalized spacial score (nSPS) is 12.7. The first-order valence-electron chi connectivity index (χ1n) is 6.71. The molecule has 1 aromatic heterocycles. The summed E-state index contributed by atoms with van der Waals surface area (Å²) in [4.78, 5) is 0. The Labute approximate surface area is 137 Å².